The first-order chi connectivity index (χ1) is 14.1. The molecule has 1 N–H and O–H groups in total. The normalized spacial score (nSPS) is 16.3. The van der Waals surface area contributed by atoms with Crippen LogP contribution in [0.2, 0.25) is 0 Å². The van der Waals surface area contributed by atoms with Crippen LogP contribution in [0.5, 0.6) is 11.5 Å². The Hall–Kier alpha value is -3.13. The number of aromatic nitrogens is 1. The summed E-state index contributed by atoms with van der Waals surface area (Å²) < 4.78 is 11.7. The van der Waals surface area contributed by atoms with Crippen molar-refractivity contribution in [1.29, 1.82) is 0 Å². The number of hydrogen-bond donors (Lipinski definition) is 1. The van der Waals surface area contributed by atoms with Crippen molar-refractivity contribution in [3.8, 4) is 11.5 Å². The highest BCUT2D eigenvalue weighted by Crippen LogP contribution is 2.31. The van der Waals surface area contributed by atoms with Crippen molar-refractivity contribution in [2.45, 2.75) is 13.3 Å². The molecule has 1 aliphatic heterocycles. The number of nitrogens with zero attached hydrogens (tertiary/aromatic N) is 2. The Bertz CT molecular complexity index is 1070. The van der Waals surface area contributed by atoms with E-state index in [0.29, 0.717) is 24.0 Å². The number of ether oxygens (including phenoxy) is 2. The van der Waals surface area contributed by atoms with Gasteiger partial charge in [-0.2, -0.15) is 0 Å². The molecular formula is C21H21N3O4S. The standard InChI is InChI=1S/C21H21N3O4S/c1-3-28-16-7-8-17-18(11-16)29-21(22-17)23-20(26)13-9-19(25)24(12-13)14-5-4-6-15(10-14)27-2/h4-8,10-11,13H,3,9,12H2,1-2H3,(H,22,23,26)/t13-/m0/s1. The number of carbonyl (C=O) groups excluding carboxylic acids is 2. The van der Waals surface area contributed by atoms with Gasteiger partial charge in [-0.1, -0.05) is 17.4 Å². The lowest BCUT2D eigenvalue weighted by Crippen LogP contribution is -2.28. The van der Waals surface area contributed by atoms with Crippen LogP contribution in [0.3, 0.4) is 0 Å². The van der Waals surface area contributed by atoms with Gasteiger partial charge in [0.15, 0.2) is 5.13 Å². The van der Waals surface area contributed by atoms with E-state index in [-0.39, 0.29) is 18.2 Å². The van der Waals surface area contributed by atoms with Crippen molar-refractivity contribution in [3.05, 3.63) is 42.5 Å². The molecule has 0 spiro atoms. The SMILES string of the molecule is CCOc1ccc2nc(NC(=O)[C@H]3CC(=O)N(c4cccc(OC)c4)C3)sc2c1. The smallest absolute Gasteiger partial charge is 0.231 e. The third-order valence-corrected chi connectivity index (χ3v) is 5.70. The fraction of sp³-hybridized carbons (Fsp3) is 0.286. The summed E-state index contributed by atoms with van der Waals surface area (Å²) in [5.74, 6) is 0.734. The molecule has 2 amide bonds. The molecule has 1 aliphatic rings. The molecule has 29 heavy (non-hydrogen) atoms. The summed E-state index contributed by atoms with van der Waals surface area (Å²) in [5, 5.41) is 3.38. The van der Waals surface area contributed by atoms with Crippen molar-refractivity contribution in [1.82, 2.24) is 4.98 Å². The van der Waals surface area contributed by atoms with E-state index in [1.807, 2.05) is 43.3 Å². The van der Waals surface area contributed by atoms with E-state index >= 15 is 0 Å². The minimum atomic E-state index is -0.431. The molecule has 7 nitrogen and oxygen atoms in total. The van der Waals surface area contributed by atoms with Crippen LogP contribution >= 0.6 is 11.3 Å². The molecule has 1 fully saturated rings. The Morgan fingerprint density at radius 1 is 1.28 bits per heavy atom. The van der Waals surface area contributed by atoms with Crippen LogP contribution in [0.15, 0.2) is 42.5 Å². The van der Waals surface area contributed by atoms with Crippen molar-refractivity contribution < 1.29 is 19.1 Å². The maximum absolute atomic E-state index is 12.7. The molecule has 0 aliphatic carbocycles. The fourth-order valence-corrected chi connectivity index (χ4v) is 4.23. The molecule has 0 bridgehead atoms. The monoisotopic (exact) mass is 411 g/mol. The van der Waals surface area contributed by atoms with Gasteiger partial charge in [0.05, 0.1) is 29.9 Å². The molecule has 2 aromatic carbocycles. The molecule has 2 heterocycles. The summed E-state index contributed by atoms with van der Waals surface area (Å²) in [6.45, 7) is 2.85. The molecule has 3 aromatic rings. The highest BCUT2D eigenvalue weighted by Gasteiger charge is 2.35. The van der Waals surface area contributed by atoms with E-state index in [1.165, 1.54) is 11.3 Å². The second-order valence-electron chi connectivity index (χ2n) is 6.68. The van der Waals surface area contributed by atoms with Crippen LogP contribution in [0.25, 0.3) is 10.2 Å². The lowest BCUT2D eigenvalue weighted by Gasteiger charge is -2.17. The molecule has 0 radical (unpaired) electrons. The lowest BCUT2D eigenvalue weighted by molar-refractivity contribution is -0.122. The number of amides is 2. The molecule has 1 aromatic heterocycles. The number of carbonyl (C=O) groups is 2. The van der Waals surface area contributed by atoms with Crippen LogP contribution < -0.4 is 19.7 Å². The third-order valence-electron chi connectivity index (χ3n) is 4.76. The van der Waals surface area contributed by atoms with Gasteiger partial charge in [-0.3, -0.25) is 9.59 Å². The number of hydrogen-bond acceptors (Lipinski definition) is 6. The van der Waals surface area contributed by atoms with Crippen molar-refractivity contribution in [3.63, 3.8) is 0 Å². The molecule has 0 unspecified atom stereocenters. The topological polar surface area (TPSA) is 80.8 Å². The van der Waals surface area contributed by atoms with Crippen LogP contribution in [-0.2, 0) is 9.59 Å². The molecule has 4 rings (SSSR count). The van der Waals surface area contributed by atoms with Crippen LogP contribution in [0.4, 0.5) is 10.8 Å². The van der Waals surface area contributed by atoms with E-state index in [1.54, 1.807) is 18.1 Å². The van der Waals surface area contributed by atoms with Crippen LogP contribution in [-0.4, -0.2) is 37.1 Å². The second-order valence-corrected chi connectivity index (χ2v) is 7.71. The van der Waals surface area contributed by atoms with E-state index in [0.717, 1.165) is 21.7 Å². The summed E-state index contributed by atoms with van der Waals surface area (Å²) >= 11 is 1.39. The zero-order valence-electron chi connectivity index (χ0n) is 16.2. The van der Waals surface area contributed by atoms with Crippen molar-refractivity contribution in [2.75, 3.05) is 30.5 Å². The Labute approximate surface area is 172 Å². The molecular weight excluding hydrogens is 390 g/mol. The van der Waals surface area contributed by atoms with E-state index in [9.17, 15) is 9.59 Å². The third kappa shape index (κ3) is 4.02. The number of fused-ring (bicyclic) bond motifs is 1. The number of benzene rings is 2. The summed E-state index contributed by atoms with van der Waals surface area (Å²) in [6, 6.07) is 12.9. The first-order valence-corrected chi connectivity index (χ1v) is 10.2. The van der Waals surface area contributed by atoms with Gasteiger partial charge in [0.25, 0.3) is 0 Å². The van der Waals surface area contributed by atoms with Gasteiger partial charge in [-0.05, 0) is 37.3 Å². The van der Waals surface area contributed by atoms with Gasteiger partial charge in [0.2, 0.25) is 11.8 Å². The Balaban J connectivity index is 1.46. The summed E-state index contributed by atoms with van der Waals surface area (Å²) in [7, 11) is 1.58. The maximum atomic E-state index is 12.7. The number of nitrogens with one attached hydrogen (secondary N) is 1. The van der Waals surface area contributed by atoms with Gasteiger partial charge in [0.1, 0.15) is 11.5 Å². The summed E-state index contributed by atoms with van der Waals surface area (Å²) in [5.41, 5.74) is 1.53. The molecule has 8 heteroatoms. The van der Waals surface area contributed by atoms with Gasteiger partial charge < -0.3 is 19.7 Å². The number of methoxy groups -OCH3 is 1. The first-order valence-electron chi connectivity index (χ1n) is 9.36. The van der Waals surface area contributed by atoms with Gasteiger partial charge >= 0.3 is 0 Å². The predicted molar refractivity (Wildman–Crippen MR) is 113 cm³/mol. The van der Waals surface area contributed by atoms with E-state index < -0.39 is 5.92 Å². The molecule has 1 saturated heterocycles. The van der Waals surface area contributed by atoms with E-state index in [4.69, 9.17) is 9.47 Å². The second kappa shape index (κ2) is 8.08. The first kappa shape index (κ1) is 19.2. The zero-order valence-corrected chi connectivity index (χ0v) is 17.0. The number of anilines is 2. The Morgan fingerprint density at radius 3 is 2.93 bits per heavy atom. The minimum Gasteiger partial charge on any atom is -0.497 e. The largest absolute Gasteiger partial charge is 0.497 e. The molecule has 0 saturated carbocycles. The zero-order chi connectivity index (χ0) is 20.4. The van der Waals surface area contributed by atoms with E-state index in [2.05, 4.69) is 10.3 Å². The average molecular weight is 411 g/mol. The maximum Gasteiger partial charge on any atom is 0.231 e. The van der Waals surface area contributed by atoms with Crippen molar-refractivity contribution in [2.24, 2.45) is 5.92 Å². The lowest BCUT2D eigenvalue weighted by atomic mass is 10.1. The predicted octanol–water partition coefficient (Wildman–Crippen LogP) is 3.70. The summed E-state index contributed by atoms with van der Waals surface area (Å²) in [4.78, 5) is 31.3. The number of rotatable bonds is 6. The fourth-order valence-electron chi connectivity index (χ4n) is 3.33. The van der Waals surface area contributed by atoms with Crippen LogP contribution in [0.1, 0.15) is 13.3 Å². The minimum absolute atomic E-state index is 0.0796. The van der Waals surface area contributed by atoms with Gasteiger partial charge in [-0.15, -0.1) is 0 Å². The van der Waals surface area contributed by atoms with Gasteiger partial charge in [0, 0.05) is 24.7 Å². The molecule has 1 atom stereocenters. The Kier molecular flexibility index (Phi) is 5.35. The van der Waals surface area contributed by atoms with Crippen LogP contribution in [0, 0.1) is 5.92 Å². The molecule has 150 valence electrons. The Morgan fingerprint density at radius 2 is 2.14 bits per heavy atom. The summed E-state index contributed by atoms with van der Waals surface area (Å²) in [6.07, 6.45) is 0.169. The van der Waals surface area contributed by atoms with Gasteiger partial charge in [-0.25, -0.2) is 4.98 Å². The quantitative estimate of drug-likeness (QED) is 0.669. The highest BCUT2D eigenvalue weighted by molar-refractivity contribution is 7.22. The average Bonchev–Trinajstić information content (AvgIpc) is 3.30. The number of thiazole rings is 1. The highest BCUT2D eigenvalue weighted by atomic mass is 32.1. The van der Waals surface area contributed by atoms with Crippen molar-refractivity contribution >= 4 is 44.2 Å².